The van der Waals surface area contributed by atoms with Gasteiger partial charge in [0, 0.05) is 24.8 Å². The Bertz CT molecular complexity index is 1040. The molecule has 1 aliphatic rings. The zero-order valence-corrected chi connectivity index (χ0v) is 16.9. The number of anilines is 3. The summed E-state index contributed by atoms with van der Waals surface area (Å²) in [6, 6.07) is 13.0. The lowest BCUT2D eigenvalue weighted by molar-refractivity contribution is -0.142. The van der Waals surface area contributed by atoms with Gasteiger partial charge in [-0.05, 0) is 25.0 Å². The van der Waals surface area contributed by atoms with Gasteiger partial charge in [0.1, 0.15) is 16.5 Å². The van der Waals surface area contributed by atoms with Crippen molar-refractivity contribution in [2.45, 2.75) is 12.8 Å². The quantitative estimate of drug-likeness (QED) is 0.575. The van der Waals surface area contributed by atoms with E-state index in [0.717, 1.165) is 11.4 Å². The number of nitrogens with zero attached hydrogens (tertiary/aromatic N) is 3. The number of hydrogen-bond donors (Lipinski definition) is 3. The number of rotatable bonds is 5. The number of aromatic nitrogens is 2. The van der Waals surface area contributed by atoms with Crippen LogP contribution in [-0.2, 0) is 4.79 Å². The molecule has 3 aromatic rings. The van der Waals surface area contributed by atoms with Crippen LogP contribution in [0.2, 0.25) is 0 Å². The molecule has 3 heterocycles. The summed E-state index contributed by atoms with van der Waals surface area (Å²) in [6.07, 6.45) is 2.70. The third-order valence-electron chi connectivity index (χ3n) is 5.10. The van der Waals surface area contributed by atoms with Crippen molar-refractivity contribution in [2.75, 3.05) is 29.0 Å². The molecule has 1 saturated heterocycles. The number of carbonyl (C=O) groups excluding carboxylic acids is 1. The molecule has 0 atom stereocenters. The summed E-state index contributed by atoms with van der Waals surface area (Å²) in [5.41, 5.74) is 8.02. The highest BCUT2D eigenvalue weighted by Gasteiger charge is 2.25. The molecule has 4 N–H and O–H groups in total. The molecule has 9 heteroatoms. The highest BCUT2D eigenvalue weighted by Crippen LogP contribution is 2.33. The minimum Gasteiger partial charge on any atom is -0.481 e. The van der Waals surface area contributed by atoms with Crippen LogP contribution in [0.1, 0.15) is 23.2 Å². The van der Waals surface area contributed by atoms with E-state index in [2.05, 4.69) is 15.3 Å². The predicted octanol–water partition coefficient (Wildman–Crippen LogP) is 3.34. The van der Waals surface area contributed by atoms with Crippen molar-refractivity contribution in [1.82, 2.24) is 9.97 Å². The van der Waals surface area contributed by atoms with Gasteiger partial charge in [-0.3, -0.25) is 14.9 Å². The van der Waals surface area contributed by atoms with Crippen molar-refractivity contribution in [3.8, 4) is 11.3 Å². The molecule has 0 aliphatic carbocycles. The molecule has 1 aliphatic heterocycles. The number of nitrogen functional groups attached to an aromatic ring is 1. The van der Waals surface area contributed by atoms with Crippen molar-refractivity contribution in [3.63, 3.8) is 0 Å². The van der Waals surface area contributed by atoms with Gasteiger partial charge >= 0.3 is 5.97 Å². The van der Waals surface area contributed by atoms with Crippen LogP contribution < -0.4 is 16.0 Å². The fourth-order valence-corrected chi connectivity index (χ4v) is 4.17. The Balaban J connectivity index is 1.41. The Morgan fingerprint density at radius 1 is 1.13 bits per heavy atom. The summed E-state index contributed by atoms with van der Waals surface area (Å²) in [5.74, 6) is -0.613. The molecular weight excluding hydrogens is 402 g/mol. The van der Waals surface area contributed by atoms with E-state index in [4.69, 9.17) is 10.8 Å². The third-order valence-corrected chi connectivity index (χ3v) is 5.90. The van der Waals surface area contributed by atoms with E-state index in [1.165, 1.54) is 17.5 Å². The lowest BCUT2D eigenvalue weighted by atomic mass is 9.97. The Labute approximate surface area is 177 Å². The maximum atomic E-state index is 12.6. The summed E-state index contributed by atoms with van der Waals surface area (Å²) >= 11 is 1.22. The van der Waals surface area contributed by atoms with E-state index in [1.54, 1.807) is 12.1 Å². The molecule has 2 aromatic heterocycles. The lowest BCUT2D eigenvalue weighted by Crippen LogP contribution is -2.36. The molecule has 154 valence electrons. The summed E-state index contributed by atoms with van der Waals surface area (Å²) in [4.78, 5) is 34.5. The maximum absolute atomic E-state index is 12.6. The zero-order chi connectivity index (χ0) is 21.1. The summed E-state index contributed by atoms with van der Waals surface area (Å²) in [6.45, 7) is 1.27. The summed E-state index contributed by atoms with van der Waals surface area (Å²) in [5, 5.41) is 12.8. The van der Waals surface area contributed by atoms with E-state index in [1.807, 2.05) is 35.2 Å². The van der Waals surface area contributed by atoms with Crippen molar-refractivity contribution in [3.05, 3.63) is 54.2 Å². The number of nitrogens with one attached hydrogen (secondary N) is 1. The van der Waals surface area contributed by atoms with Gasteiger partial charge in [0.05, 0.1) is 11.5 Å². The largest absolute Gasteiger partial charge is 0.481 e. The van der Waals surface area contributed by atoms with E-state index >= 15 is 0 Å². The number of thiazole rings is 1. The van der Waals surface area contributed by atoms with Gasteiger partial charge in [0.2, 0.25) is 0 Å². The van der Waals surface area contributed by atoms with Gasteiger partial charge < -0.3 is 15.7 Å². The molecule has 0 unspecified atom stereocenters. The van der Waals surface area contributed by atoms with Crippen molar-refractivity contribution in [2.24, 2.45) is 5.92 Å². The first kappa shape index (κ1) is 19.8. The van der Waals surface area contributed by atoms with Gasteiger partial charge in [-0.2, -0.15) is 0 Å². The molecule has 4 rings (SSSR count). The van der Waals surface area contributed by atoms with Crippen LogP contribution in [0.3, 0.4) is 0 Å². The number of carboxylic acids is 1. The van der Waals surface area contributed by atoms with Crippen LogP contribution in [-0.4, -0.2) is 40.0 Å². The average molecular weight is 423 g/mol. The van der Waals surface area contributed by atoms with Gasteiger partial charge in [0.25, 0.3) is 5.91 Å². The van der Waals surface area contributed by atoms with Gasteiger partial charge in [-0.25, -0.2) is 9.97 Å². The number of carbonyl (C=O) groups is 2. The fourth-order valence-electron chi connectivity index (χ4n) is 3.42. The van der Waals surface area contributed by atoms with Crippen molar-refractivity contribution >= 4 is 39.2 Å². The summed E-state index contributed by atoms with van der Waals surface area (Å²) in [7, 11) is 0. The second-order valence-corrected chi connectivity index (χ2v) is 8.09. The van der Waals surface area contributed by atoms with E-state index in [0.29, 0.717) is 47.3 Å². The zero-order valence-electron chi connectivity index (χ0n) is 16.1. The van der Waals surface area contributed by atoms with Crippen LogP contribution in [0.4, 0.5) is 16.0 Å². The molecule has 1 fully saturated rings. The monoisotopic (exact) mass is 423 g/mol. The number of aliphatic carboxylic acids is 1. The first-order valence-electron chi connectivity index (χ1n) is 9.58. The van der Waals surface area contributed by atoms with Crippen LogP contribution in [0.15, 0.2) is 48.7 Å². The normalized spacial score (nSPS) is 14.5. The van der Waals surface area contributed by atoms with Crippen LogP contribution in [0.25, 0.3) is 11.3 Å². The van der Waals surface area contributed by atoms with Crippen molar-refractivity contribution in [1.29, 1.82) is 0 Å². The Morgan fingerprint density at radius 3 is 2.50 bits per heavy atom. The molecule has 30 heavy (non-hydrogen) atoms. The topological polar surface area (TPSA) is 121 Å². The fraction of sp³-hybridized carbons (Fsp3) is 0.238. The molecule has 0 saturated carbocycles. The molecule has 0 spiro atoms. The molecule has 0 radical (unpaired) electrons. The number of piperidine rings is 1. The van der Waals surface area contributed by atoms with Gasteiger partial charge in [-0.15, -0.1) is 0 Å². The number of benzene rings is 1. The Morgan fingerprint density at radius 2 is 1.87 bits per heavy atom. The molecule has 1 aromatic carbocycles. The molecular formula is C21H21N5O3S. The number of pyridine rings is 1. The smallest absolute Gasteiger partial charge is 0.306 e. The second-order valence-electron chi connectivity index (χ2n) is 7.06. The highest BCUT2D eigenvalue weighted by molar-refractivity contribution is 7.20. The van der Waals surface area contributed by atoms with Crippen LogP contribution in [0.5, 0.6) is 0 Å². The third kappa shape index (κ3) is 4.25. The number of hydrogen-bond acceptors (Lipinski definition) is 7. The SMILES string of the molecule is Nc1sc(NC(=O)c2ccc(N3CCC(C(=O)O)CC3)nc2)nc1-c1ccccc1. The maximum Gasteiger partial charge on any atom is 0.306 e. The predicted molar refractivity (Wildman–Crippen MR) is 117 cm³/mol. The van der Waals surface area contributed by atoms with Crippen LogP contribution in [0, 0.1) is 5.92 Å². The number of amides is 1. The summed E-state index contributed by atoms with van der Waals surface area (Å²) < 4.78 is 0. The minimum absolute atomic E-state index is 0.294. The Kier molecular flexibility index (Phi) is 5.62. The number of carboxylic acid groups (broad SMARTS) is 1. The minimum atomic E-state index is -0.743. The second kappa shape index (κ2) is 8.50. The first-order valence-corrected chi connectivity index (χ1v) is 10.4. The van der Waals surface area contributed by atoms with Gasteiger partial charge in [-0.1, -0.05) is 41.7 Å². The average Bonchev–Trinajstić information content (AvgIpc) is 3.14. The Hall–Kier alpha value is -3.46. The van der Waals surface area contributed by atoms with Crippen molar-refractivity contribution < 1.29 is 14.7 Å². The lowest BCUT2D eigenvalue weighted by Gasteiger charge is -2.30. The van der Waals surface area contributed by atoms with E-state index in [9.17, 15) is 9.59 Å². The standard InChI is InChI=1S/C21H21N5O3S/c22-18-17(13-4-2-1-3-5-13)24-21(30-18)25-19(27)15-6-7-16(23-12-15)26-10-8-14(9-11-26)20(28)29/h1-7,12,14H,8-11,22H2,(H,28,29)(H,24,25,27). The molecule has 1 amide bonds. The van der Waals surface area contributed by atoms with E-state index in [-0.39, 0.29) is 11.8 Å². The van der Waals surface area contributed by atoms with Gasteiger partial charge in [0.15, 0.2) is 5.13 Å². The first-order chi connectivity index (χ1) is 14.5. The molecule has 8 nitrogen and oxygen atoms in total. The van der Waals surface area contributed by atoms with E-state index < -0.39 is 5.97 Å². The van der Waals surface area contributed by atoms with Crippen LogP contribution >= 0.6 is 11.3 Å². The number of nitrogens with two attached hydrogens (primary N) is 1. The highest BCUT2D eigenvalue weighted by atomic mass is 32.1. The molecule has 0 bridgehead atoms.